The van der Waals surface area contributed by atoms with E-state index in [9.17, 15) is 24.3 Å². The van der Waals surface area contributed by atoms with E-state index in [1.54, 1.807) is 13.0 Å². The number of rotatable bonds is 3. The summed E-state index contributed by atoms with van der Waals surface area (Å²) >= 11 is 0. The van der Waals surface area contributed by atoms with Crippen molar-refractivity contribution in [1.82, 2.24) is 9.55 Å². The lowest BCUT2D eigenvalue weighted by Gasteiger charge is -2.22. The minimum Gasteiger partial charge on any atom is -0.477 e. The zero-order valence-corrected chi connectivity index (χ0v) is 12.9. The van der Waals surface area contributed by atoms with Crippen LogP contribution in [0.15, 0.2) is 23.1 Å². The van der Waals surface area contributed by atoms with Gasteiger partial charge in [-0.2, -0.15) is 0 Å². The van der Waals surface area contributed by atoms with Crippen LogP contribution in [0.4, 0.5) is 5.69 Å². The van der Waals surface area contributed by atoms with Gasteiger partial charge < -0.3 is 5.11 Å². The summed E-state index contributed by atoms with van der Waals surface area (Å²) in [7, 11) is 0. The van der Waals surface area contributed by atoms with Crippen molar-refractivity contribution in [2.75, 3.05) is 4.90 Å². The van der Waals surface area contributed by atoms with Gasteiger partial charge in [-0.1, -0.05) is 0 Å². The molecule has 0 aliphatic heterocycles. The average Bonchev–Trinajstić information content (AvgIpc) is 2.46. The SMILES string of the molecule is CCn1c(=O)c(C(=O)O)c(N(C(C)=O)C(C)=O)c2cccnc21. The van der Waals surface area contributed by atoms with Crippen molar-refractivity contribution in [3.63, 3.8) is 0 Å². The van der Waals surface area contributed by atoms with E-state index >= 15 is 0 Å². The highest BCUT2D eigenvalue weighted by atomic mass is 16.4. The Kier molecular flexibility index (Phi) is 4.26. The van der Waals surface area contributed by atoms with Crippen molar-refractivity contribution in [3.8, 4) is 0 Å². The number of aryl methyl sites for hydroxylation is 1. The van der Waals surface area contributed by atoms with E-state index in [0.29, 0.717) is 4.90 Å². The molecule has 0 radical (unpaired) electrons. The summed E-state index contributed by atoms with van der Waals surface area (Å²) in [6.07, 6.45) is 1.45. The normalized spacial score (nSPS) is 10.6. The van der Waals surface area contributed by atoms with Crippen molar-refractivity contribution >= 4 is 34.5 Å². The number of amides is 2. The number of pyridine rings is 2. The molecule has 0 spiro atoms. The second kappa shape index (κ2) is 5.99. The number of carbonyl (C=O) groups excluding carboxylic acids is 2. The van der Waals surface area contributed by atoms with Crippen molar-refractivity contribution in [2.45, 2.75) is 27.3 Å². The Labute approximate surface area is 131 Å². The van der Waals surface area contributed by atoms with Gasteiger partial charge in [-0.15, -0.1) is 0 Å². The third kappa shape index (κ3) is 2.59. The molecule has 0 fully saturated rings. The maximum Gasteiger partial charge on any atom is 0.343 e. The van der Waals surface area contributed by atoms with Gasteiger partial charge in [0.05, 0.1) is 5.69 Å². The van der Waals surface area contributed by atoms with Crippen molar-refractivity contribution < 1.29 is 19.5 Å². The maximum atomic E-state index is 12.5. The van der Waals surface area contributed by atoms with Crippen LogP contribution in [0, 0.1) is 0 Å². The van der Waals surface area contributed by atoms with Crippen molar-refractivity contribution in [1.29, 1.82) is 0 Å². The largest absolute Gasteiger partial charge is 0.477 e. The second-order valence-corrected chi connectivity index (χ2v) is 4.83. The predicted octanol–water partition coefficient (Wildman–Crippen LogP) is 1.01. The molecule has 0 saturated carbocycles. The number of aromatic nitrogens is 2. The van der Waals surface area contributed by atoms with Crippen LogP contribution in [0.2, 0.25) is 0 Å². The van der Waals surface area contributed by atoms with Gasteiger partial charge in [0.15, 0.2) is 0 Å². The standard InChI is InChI=1S/C15H15N3O5/c1-4-17-13-10(6-5-7-16-13)12(11(14(17)21)15(22)23)18(8(2)19)9(3)20/h5-7H,4H2,1-3H3,(H,22,23). The molecule has 0 unspecified atom stereocenters. The zero-order chi connectivity index (χ0) is 17.3. The molecule has 8 heteroatoms. The van der Waals surface area contributed by atoms with Crippen molar-refractivity contribution in [2.24, 2.45) is 0 Å². The molecule has 2 aromatic heterocycles. The lowest BCUT2D eigenvalue weighted by molar-refractivity contribution is -0.124. The van der Waals surface area contributed by atoms with Gasteiger partial charge in [0.25, 0.3) is 5.56 Å². The molecule has 23 heavy (non-hydrogen) atoms. The van der Waals surface area contributed by atoms with Gasteiger partial charge >= 0.3 is 5.97 Å². The number of imide groups is 1. The van der Waals surface area contributed by atoms with Gasteiger partial charge in [-0.25, -0.2) is 14.7 Å². The molecule has 1 N–H and O–H groups in total. The minimum atomic E-state index is -1.51. The smallest absolute Gasteiger partial charge is 0.343 e. The molecular weight excluding hydrogens is 302 g/mol. The summed E-state index contributed by atoms with van der Waals surface area (Å²) in [6.45, 7) is 4.13. The lowest BCUT2D eigenvalue weighted by atomic mass is 10.1. The fraction of sp³-hybridized carbons (Fsp3) is 0.267. The zero-order valence-electron chi connectivity index (χ0n) is 12.9. The first kappa shape index (κ1) is 16.3. The first-order chi connectivity index (χ1) is 10.8. The highest BCUT2D eigenvalue weighted by Crippen LogP contribution is 2.28. The molecule has 2 aromatic rings. The fourth-order valence-corrected chi connectivity index (χ4v) is 2.52. The van der Waals surface area contributed by atoms with Gasteiger partial charge in [-0.3, -0.25) is 19.0 Å². The second-order valence-electron chi connectivity index (χ2n) is 4.83. The number of anilines is 1. The summed E-state index contributed by atoms with van der Waals surface area (Å²) in [5.74, 6) is -2.87. The van der Waals surface area contributed by atoms with E-state index in [1.807, 2.05) is 0 Å². The van der Waals surface area contributed by atoms with E-state index in [4.69, 9.17) is 0 Å². The maximum absolute atomic E-state index is 12.5. The van der Waals surface area contributed by atoms with Gasteiger partial charge in [0, 0.05) is 32.0 Å². The van der Waals surface area contributed by atoms with Gasteiger partial charge in [-0.05, 0) is 19.1 Å². The number of carbonyl (C=O) groups is 3. The molecule has 2 heterocycles. The van der Waals surface area contributed by atoms with Crippen LogP contribution in [0.25, 0.3) is 11.0 Å². The molecule has 0 aliphatic carbocycles. The van der Waals surface area contributed by atoms with Crippen LogP contribution in [0.3, 0.4) is 0 Å². The number of hydrogen-bond acceptors (Lipinski definition) is 5. The first-order valence-corrected chi connectivity index (χ1v) is 6.87. The molecular formula is C15H15N3O5. The van der Waals surface area contributed by atoms with Crippen molar-refractivity contribution in [3.05, 3.63) is 34.2 Å². The van der Waals surface area contributed by atoms with E-state index in [0.717, 1.165) is 13.8 Å². The number of nitrogens with zero attached hydrogens (tertiary/aromatic N) is 3. The quantitative estimate of drug-likeness (QED) is 0.905. The summed E-state index contributed by atoms with van der Waals surface area (Å²) in [5, 5.41) is 9.70. The predicted molar refractivity (Wildman–Crippen MR) is 82.5 cm³/mol. The summed E-state index contributed by atoms with van der Waals surface area (Å²) < 4.78 is 1.20. The average molecular weight is 317 g/mol. The molecule has 0 saturated heterocycles. The Morgan fingerprint density at radius 2 is 1.87 bits per heavy atom. The number of carboxylic acids is 1. The molecule has 2 rings (SSSR count). The highest BCUT2D eigenvalue weighted by molar-refractivity contribution is 6.20. The number of fused-ring (bicyclic) bond motifs is 1. The number of hydrogen-bond donors (Lipinski definition) is 1. The molecule has 0 aliphatic rings. The number of aromatic carboxylic acids is 1. The van der Waals surface area contributed by atoms with Crippen LogP contribution < -0.4 is 10.5 Å². The van der Waals surface area contributed by atoms with Crippen LogP contribution in [0.5, 0.6) is 0 Å². The Morgan fingerprint density at radius 1 is 1.26 bits per heavy atom. The molecule has 0 atom stereocenters. The number of carboxylic acid groups (broad SMARTS) is 1. The summed E-state index contributed by atoms with van der Waals surface area (Å²) in [6, 6.07) is 3.06. The van der Waals surface area contributed by atoms with Crippen LogP contribution in [-0.4, -0.2) is 32.4 Å². The topological polar surface area (TPSA) is 110 Å². The van der Waals surface area contributed by atoms with E-state index < -0.39 is 28.9 Å². The molecule has 2 amide bonds. The Hall–Kier alpha value is -3.03. The third-order valence-electron chi connectivity index (χ3n) is 3.38. The molecule has 8 nitrogen and oxygen atoms in total. The van der Waals surface area contributed by atoms with Gasteiger partial charge in [0.1, 0.15) is 11.2 Å². The van der Waals surface area contributed by atoms with Crippen LogP contribution in [0.1, 0.15) is 31.1 Å². The van der Waals surface area contributed by atoms with Crippen LogP contribution >= 0.6 is 0 Å². The Balaban J connectivity index is 3.11. The van der Waals surface area contributed by atoms with E-state index in [2.05, 4.69) is 4.98 Å². The van der Waals surface area contributed by atoms with E-state index in [-0.39, 0.29) is 23.3 Å². The van der Waals surface area contributed by atoms with Gasteiger partial charge in [0.2, 0.25) is 11.8 Å². The molecule has 0 aromatic carbocycles. The Morgan fingerprint density at radius 3 is 2.35 bits per heavy atom. The fourth-order valence-electron chi connectivity index (χ4n) is 2.52. The molecule has 0 bridgehead atoms. The first-order valence-electron chi connectivity index (χ1n) is 6.87. The lowest BCUT2D eigenvalue weighted by Crippen LogP contribution is -2.38. The Bertz CT molecular complexity index is 871. The molecule has 120 valence electrons. The third-order valence-corrected chi connectivity index (χ3v) is 3.38. The highest BCUT2D eigenvalue weighted by Gasteiger charge is 2.29. The van der Waals surface area contributed by atoms with E-state index in [1.165, 1.54) is 16.8 Å². The minimum absolute atomic E-state index is 0.201. The monoisotopic (exact) mass is 317 g/mol. The summed E-state index contributed by atoms with van der Waals surface area (Å²) in [4.78, 5) is 52.6. The summed E-state index contributed by atoms with van der Waals surface area (Å²) in [5.41, 5.74) is -1.46. The van der Waals surface area contributed by atoms with Crippen LogP contribution in [-0.2, 0) is 16.1 Å².